The minimum Gasteiger partial charge on any atom is -0.336 e. The van der Waals surface area contributed by atoms with Crippen molar-refractivity contribution < 1.29 is 4.79 Å². The summed E-state index contributed by atoms with van der Waals surface area (Å²) in [5.74, 6) is 0.275. The molecule has 1 fully saturated rings. The number of likely N-dealkylation sites (tertiary alicyclic amines) is 1. The van der Waals surface area contributed by atoms with Gasteiger partial charge < -0.3 is 9.80 Å². The Balaban J connectivity index is 2.62. The molecule has 0 spiro atoms. The molecule has 1 atom stereocenters. The second-order valence-corrected chi connectivity index (χ2v) is 4.74. The smallest absolute Gasteiger partial charge is 0.237 e. The lowest BCUT2D eigenvalue weighted by Gasteiger charge is -2.35. The van der Waals surface area contributed by atoms with Crippen molar-refractivity contribution in [2.24, 2.45) is 0 Å². The van der Waals surface area contributed by atoms with E-state index in [0.29, 0.717) is 6.54 Å². The molecule has 3 heteroatoms. The van der Waals surface area contributed by atoms with E-state index >= 15 is 0 Å². The zero-order chi connectivity index (χ0) is 10.8. The Morgan fingerprint density at radius 3 is 2.64 bits per heavy atom. The Bertz CT molecular complexity index is 215. The molecule has 0 aromatic heterocycles. The number of hydrogen-bond acceptors (Lipinski definition) is 2. The summed E-state index contributed by atoms with van der Waals surface area (Å²) in [7, 11) is 3.88. The van der Waals surface area contributed by atoms with Crippen molar-refractivity contribution in [1.82, 2.24) is 9.80 Å². The summed E-state index contributed by atoms with van der Waals surface area (Å²) in [5.41, 5.74) is 0.118. The molecule has 1 rings (SSSR count). The maximum absolute atomic E-state index is 11.9. The zero-order valence-electron chi connectivity index (χ0n) is 9.84. The average Bonchev–Trinajstić information content (AvgIpc) is 2.47. The molecule has 3 nitrogen and oxygen atoms in total. The summed E-state index contributed by atoms with van der Waals surface area (Å²) >= 11 is 0. The summed E-state index contributed by atoms with van der Waals surface area (Å²) in [6.07, 6.45) is 3.37. The number of rotatable bonds is 3. The monoisotopic (exact) mass is 198 g/mol. The highest BCUT2D eigenvalue weighted by molar-refractivity contribution is 5.79. The van der Waals surface area contributed by atoms with E-state index in [1.807, 2.05) is 19.0 Å². The van der Waals surface area contributed by atoms with Gasteiger partial charge in [-0.25, -0.2) is 0 Å². The molecule has 14 heavy (non-hydrogen) atoms. The van der Waals surface area contributed by atoms with E-state index < -0.39 is 0 Å². The van der Waals surface area contributed by atoms with E-state index in [1.54, 1.807) is 0 Å². The van der Waals surface area contributed by atoms with Crippen LogP contribution in [0.3, 0.4) is 0 Å². The second-order valence-electron chi connectivity index (χ2n) is 4.74. The van der Waals surface area contributed by atoms with Crippen molar-refractivity contribution in [3.05, 3.63) is 0 Å². The largest absolute Gasteiger partial charge is 0.336 e. The highest BCUT2D eigenvalue weighted by Gasteiger charge is 2.37. The van der Waals surface area contributed by atoms with Gasteiger partial charge in [-0.05, 0) is 40.3 Å². The topological polar surface area (TPSA) is 23.6 Å². The fraction of sp³-hybridized carbons (Fsp3) is 0.909. The fourth-order valence-corrected chi connectivity index (χ4v) is 2.17. The molecule has 1 aliphatic heterocycles. The van der Waals surface area contributed by atoms with Crippen molar-refractivity contribution in [2.45, 2.75) is 38.6 Å². The van der Waals surface area contributed by atoms with Gasteiger partial charge in [-0.3, -0.25) is 4.79 Å². The summed E-state index contributed by atoms with van der Waals surface area (Å²) in [5, 5.41) is 0. The van der Waals surface area contributed by atoms with Crippen molar-refractivity contribution in [3.8, 4) is 0 Å². The third-order valence-corrected chi connectivity index (χ3v) is 3.26. The molecule has 82 valence electrons. The van der Waals surface area contributed by atoms with Crippen LogP contribution in [0.5, 0.6) is 0 Å². The molecule has 0 N–H and O–H groups in total. The number of likely N-dealkylation sites (N-methyl/N-ethyl adjacent to an activating group) is 1. The Labute approximate surface area is 87.1 Å². The van der Waals surface area contributed by atoms with Gasteiger partial charge in [-0.2, -0.15) is 0 Å². The first-order valence-electron chi connectivity index (χ1n) is 5.45. The molecule has 0 aromatic carbocycles. The third kappa shape index (κ3) is 2.27. The van der Waals surface area contributed by atoms with Crippen LogP contribution in [0.4, 0.5) is 0 Å². The van der Waals surface area contributed by atoms with Gasteiger partial charge in [0.1, 0.15) is 0 Å². The number of hydrogen-bond donors (Lipinski definition) is 0. The maximum atomic E-state index is 11.9. The number of carbonyl (C=O) groups excluding carboxylic acids is 1. The van der Waals surface area contributed by atoms with Crippen LogP contribution in [0.15, 0.2) is 0 Å². The van der Waals surface area contributed by atoms with Crippen LogP contribution >= 0.6 is 0 Å². The minimum absolute atomic E-state index is 0.118. The van der Waals surface area contributed by atoms with Crippen LogP contribution in [0.1, 0.15) is 33.1 Å². The molecule has 1 heterocycles. The van der Waals surface area contributed by atoms with Crippen LogP contribution in [-0.2, 0) is 4.79 Å². The molecule has 0 saturated carbocycles. The van der Waals surface area contributed by atoms with Crippen LogP contribution in [0.25, 0.3) is 0 Å². The fourth-order valence-electron chi connectivity index (χ4n) is 2.17. The first-order chi connectivity index (χ1) is 6.49. The molecule has 0 aromatic rings. The Morgan fingerprint density at radius 2 is 2.14 bits per heavy atom. The molecular weight excluding hydrogens is 176 g/mol. The summed E-state index contributed by atoms with van der Waals surface area (Å²) in [6.45, 7) is 5.85. The Morgan fingerprint density at radius 1 is 1.50 bits per heavy atom. The van der Waals surface area contributed by atoms with Crippen molar-refractivity contribution in [3.63, 3.8) is 0 Å². The van der Waals surface area contributed by atoms with Gasteiger partial charge in [0.15, 0.2) is 0 Å². The Hall–Kier alpha value is -0.570. The first-order valence-corrected chi connectivity index (χ1v) is 5.45. The van der Waals surface area contributed by atoms with E-state index in [2.05, 4.69) is 18.7 Å². The lowest BCUT2D eigenvalue weighted by atomic mass is 9.95. The predicted molar refractivity (Wildman–Crippen MR) is 58.2 cm³/mol. The van der Waals surface area contributed by atoms with Gasteiger partial charge in [0.2, 0.25) is 5.91 Å². The minimum atomic E-state index is 0.118. The SMILES string of the molecule is CC[C@]1(C)CCCN1C(=O)CN(C)C. The number of amides is 1. The van der Waals surface area contributed by atoms with E-state index in [1.165, 1.54) is 0 Å². The molecule has 0 bridgehead atoms. The standard InChI is InChI=1S/C11H22N2O/c1-5-11(2)7-6-8-13(11)10(14)9-12(3)4/h5-9H2,1-4H3/t11-/m1/s1. The summed E-state index contributed by atoms with van der Waals surface area (Å²) in [6, 6.07) is 0. The van der Waals surface area contributed by atoms with Gasteiger partial charge in [0.25, 0.3) is 0 Å². The van der Waals surface area contributed by atoms with Gasteiger partial charge in [-0.15, -0.1) is 0 Å². The molecule has 0 radical (unpaired) electrons. The highest BCUT2D eigenvalue weighted by Crippen LogP contribution is 2.31. The van der Waals surface area contributed by atoms with Gasteiger partial charge >= 0.3 is 0 Å². The van der Waals surface area contributed by atoms with Gasteiger partial charge in [0.05, 0.1) is 6.54 Å². The first kappa shape index (κ1) is 11.5. The summed E-state index contributed by atoms with van der Waals surface area (Å²) < 4.78 is 0. The van der Waals surface area contributed by atoms with Crippen LogP contribution in [0.2, 0.25) is 0 Å². The average molecular weight is 198 g/mol. The van der Waals surface area contributed by atoms with Crippen LogP contribution in [-0.4, -0.2) is 48.4 Å². The lowest BCUT2D eigenvalue weighted by molar-refractivity contribution is -0.135. The van der Waals surface area contributed by atoms with E-state index in [-0.39, 0.29) is 11.4 Å². The molecular formula is C11H22N2O. The number of carbonyl (C=O) groups is 1. The van der Waals surface area contributed by atoms with E-state index in [0.717, 1.165) is 25.8 Å². The molecule has 1 aliphatic rings. The molecule has 1 saturated heterocycles. The quantitative estimate of drug-likeness (QED) is 0.683. The second kappa shape index (κ2) is 4.30. The predicted octanol–water partition coefficient (Wildman–Crippen LogP) is 1.34. The van der Waals surface area contributed by atoms with Crippen LogP contribution < -0.4 is 0 Å². The van der Waals surface area contributed by atoms with Crippen molar-refractivity contribution >= 4 is 5.91 Å². The number of nitrogens with zero attached hydrogens (tertiary/aromatic N) is 2. The Kier molecular flexibility index (Phi) is 3.53. The van der Waals surface area contributed by atoms with Gasteiger partial charge in [0, 0.05) is 12.1 Å². The maximum Gasteiger partial charge on any atom is 0.237 e. The van der Waals surface area contributed by atoms with Gasteiger partial charge in [-0.1, -0.05) is 6.92 Å². The van der Waals surface area contributed by atoms with Crippen LogP contribution in [0, 0.1) is 0 Å². The zero-order valence-corrected chi connectivity index (χ0v) is 9.84. The highest BCUT2D eigenvalue weighted by atomic mass is 16.2. The summed E-state index contributed by atoms with van der Waals surface area (Å²) in [4.78, 5) is 15.9. The molecule has 0 unspecified atom stereocenters. The van der Waals surface area contributed by atoms with E-state index in [9.17, 15) is 4.79 Å². The molecule has 0 aliphatic carbocycles. The lowest BCUT2D eigenvalue weighted by Crippen LogP contribution is -2.47. The van der Waals surface area contributed by atoms with Crippen molar-refractivity contribution in [1.29, 1.82) is 0 Å². The van der Waals surface area contributed by atoms with E-state index in [4.69, 9.17) is 0 Å². The third-order valence-electron chi connectivity index (χ3n) is 3.26. The molecule has 1 amide bonds. The van der Waals surface area contributed by atoms with Crippen molar-refractivity contribution in [2.75, 3.05) is 27.2 Å². The normalized spacial score (nSPS) is 27.4.